The summed E-state index contributed by atoms with van der Waals surface area (Å²) in [6.45, 7) is 3.06. The van der Waals surface area contributed by atoms with Gasteiger partial charge in [-0.15, -0.1) is 5.10 Å². The van der Waals surface area contributed by atoms with Crippen molar-refractivity contribution in [2.24, 2.45) is 11.7 Å². The number of aryl methyl sites for hydroxylation is 1. The molecule has 9 nitrogen and oxygen atoms in total. The van der Waals surface area contributed by atoms with E-state index < -0.39 is 10.2 Å². The van der Waals surface area contributed by atoms with Crippen LogP contribution in [0.15, 0.2) is 12.3 Å². The fraction of sp³-hybridized carbons (Fsp3) is 0.773. The maximum absolute atomic E-state index is 13.6. The minimum absolute atomic E-state index is 0.0252. The van der Waals surface area contributed by atoms with Gasteiger partial charge in [-0.2, -0.15) is 22.1 Å². The van der Waals surface area contributed by atoms with Crippen molar-refractivity contribution in [1.29, 1.82) is 0 Å². The lowest BCUT2D eigenvalue weighted by atomic mass is 9.96. The first-order valence-electron chi connectivity index (χ1n) is 12.0. The Morgan fingerprint density at radius 2 is 2.03 bits per heavy atom. The lowest BCUT2D eigenvalue weighted by molar-refractivity contribution is 0.0913. The Kier molecular flexibility index (Phi) is 5.76. The highest BCUT2D eigenvalue weighted by atomic mass is 32.2. The average Bonchev–Trinajstić information content (AvgIpc) is 3.37. The molecule has 3 N–H and O–H groups in total. The molecule has 1 spiro atoms. The third kappa shape index (κ3) is 3.85. The van der Waals surface area contributed by atoms with Gasteiger partial charge in [0, 0.05) is 36.8 Å². The molecule has 1 aromatic heterocycles. The summed E-state index contributed by atoms with van der Waals surface area (Å²) >= 11 is 0. The number of amides is 1. The van der Waals surface area contributed by atoms with Gasteiger partial charge in [0.25, 0.3) is 16.1 Å². The number of hydrogen-bond donors (Lipinski definition) is 2. The summed E-state index contributed by atoms with van der Waals surface area (Å²) in [6, 6.07) is 1.96. The molecule has 1 aromatic rings. The summed E-state index contributed by atoms with van der Waals surface area (Å²) in [6.07, 6.45) is 8.96. The third-order valence-corrected chi connectivity index (χ3v) is 10.2. The zero-order valence-electron chi connectivity index (χ0n) is 18.7. The summed E-state index contributed by atoms with van der Waals surface area (Å²) in [7, 11) is -3.49. The van der Waals surface area contributed by atoms with Crippen molar-refractivity contribution in [3.05, 3.63) is 23.5 Å². The summed E-state index contributed by atoms with van der Waals surface area (Å²) in [5.74, 6) is 0.264. The van der Waals surface area contributed by atoms with E-state index in [1.54, 1.807) is 16.6 Å². The largest absolute Gasteiger partial charge is 0.348 e. The van der Waals surface area contributed by atoms with Crippen molar-refractivity contribution in [1.82, 2.24) is 24.1 Å². The van der Waals surface area contributed by atoms with E-state index in [4.69, 9.17) is 5.73 Å². The van der Waals surface area contributed by atoms with Gasteiger partial charge in [-0.25, -0.2) is 0 Å². The van der Waals surface area contributed by atoms with Crippen LogP contribution in [0.2, 0.25) is 0 Å². The zero-order valence-corrected chi connectivity index (χ0v) is 19.6. The van der Waals surface area contributed by atoms with Gasteiger partial charge in [-0.1, -0.05) is 6.92 Å². The molecule has 10 heteroatoms. The Morgan fingerprint density at radius 1 is 1.25 bits per heavy atom. The van der Waals surface area contributed by atoms with E-state index in [2.05, 4.69) is 15.5 Å². The number of piperidine rings is 2. The van der Waals surface area contributed by atoms with Gasteiger partial charge in [-0.3, -0.25) is 4.79 Å². The lowest BCUT2D eigenvalue weighted by Gasteiger charge is -2.41. The topological polar surface area (TPSA) is 122 Å². The number of nitrogens with two attached hydrogens (primary N) is 1. The van der Waals surface area contributed by atoms with Crippen LogP contribution in [0.5, 0.6) is 0 Å². The SMILES string of the molecule is CCc1cnnc(C(=O)NC2CC[C@H]3CC4C[C@@]4(CC2)N3S(=O)(=O)N2CCC(N)CC2)c1. The molecular weight excluding hydrogens is 428 g/mol. The van der Waals surface area contributed by atoms with Crippen molar-refractivity contribution in [3.63, 3.8) is 0 Å². The normalized spacial score (nSPS) is 33.9. The number of carbonyl (C=O) groups excluding carboxylic acids is 1. The second-order valence-corrected chi connectivity index (χ2v) is 11.8. The number of hydrogen-bond acceptors (Lipinski definition) is 6. The van der Waals surface area contributed by atoms with E-state index >= 15 is 0 Å². The summed E-state index contributed by atoms with van der Waals surface area (Å²) < 4.78 is 30.8. The molecule has 32 heavy (non-hydrogen) atoms. The molecule has 1 amide bonds. The maximum Gasteiger partial charge on any atom is 0.282 e. The monoisotopic (exact) mass is 462 g/mol. The average molecular weight is 463 g/mol. The molecule has 2 unspecified atom stereocenters. The first kappa shape index (κ1) is 22.2. The highest BCUT2D eigenvalue weighted by molar-refractivity contribution is 7.86. The van der Waals surface area contributed by atoms with Crippen LogP contribution in [0.3, 0.4) is 0 Å². The highest BCUT2D eigenvalue weighted by Crippen LogP contribution is 2.63. The van der Waals surface area contributed by atoms with Crippen LogP contribution < -0.4 is 11.1 Å². The Morgan fingerprint density at radius 3 is 2.78 bits per heavy atom. The van der Waals surface area contributed by atoms with Crippen LogP contribution in [-0.2, 0) is 16.6 Å². The predicted octanol–water partition coefficient (Wildman–Crippen LogP) is 1.21. The van der Waals surface area contributed by atoms with Crippen LogP contribution in [-0.4, -0.2) is 69.9 Å². The van der Waals surface area contributed by atoms with Crippen LogP contribution in [0.1, 0.15) is 74.3 Å². The number of fused-ring (bicyclic) bond motifs is 1. The highest BCUT2D eigenvalue weighted by Gasteiger charge is 2.69. The zero-order chi connectivity index (χ0) is 22.5. The van der Waals surface area contributed by atoms with Gasteiger partial charge in [0.05, 0.1) is 6.20 Å². The van der Waals surface area contributed by atoms with Crippen molar-refractivity contribution in [2.45, 2.75) is 88.4 Å². The van der Waals surface area contributed by atoms with E-state index in [1.165, 1.54) is 0 Å². The molecule has 4 fully saturated rings. The smallest absolute Gasteiger partial charge is 0.282 e. The Hall–Kier alpha value is -1.62. The molecule has 4 aliphatic rings. The minimum Gasteiger partial charge on any atom is -0.348 e. The number of nitrogens with zero attached hydrogens (tertiary/aromatic N) is 4. The van der Waals surface area contributed by atoms with Crippen molar-refractivity contribution >= 4 is 16.1 Å². The maximum atomic E-state index is 13.6. The predicted molar refractivity (Wildman–Crippen MR) is 120 cm³/mol. The minimum atomic E-state index is -3.49. The van der Waals surface area contributed by atoms with E-state index in [9.17, 15) is 13.2 Å². The van der Waals surface area contributed by atoms with Crippen LogP contribution in [0, 0.1) is 5.92 Å². The van der Waals surface area contributed by atoms with E-state index in [1.807, 2.05) is 11.2 Å². The lowest BCUT2D eigenvalue weighted by Crippen LogP contribution is -2.55. The van der Waals surface area contributed by atoms with Crippen LogP contribution in [0.4, 0.5) is 0 Å². The molecule has 0 radical (unpaired) electrons. The molecular formula is C22H34N6O3S. The summed E-state index contributed by atoms with van der Waals surface area (Å²) in [5.41, 5.74) is 7.08. The molecule has 1 saturated carbocycles. The number of carbonyl (C=O) groups is 1. The van der Waals surface area contributed by atoms with Gasteiger partial charge in [0.1, 0.15) is 0 Å². The molecule has 4 atom stereocenters. The molecule has 2 bridgehead atoms. The second kappa shape index (κ2) is 8.30. The first-order chi connectivity index (χ1) is 15.3. The van der Waals surface area contributed by atoms with E-state index in [0.717, 1.165) is 63.4 Å². The molecule has 3 saturated heterocycles. The Balaban J connectivity index is 1.28. The van der Waals surface area contributed by atoms with Gasteiger partial charge in [0.2, 0.25) is 0 Å². The van der Waals surface area contributed by atoms with E-state index in [0.29, 0.717) is 24.7 Å². The fourth-order valence-electron chi connectivity index (χ4n) is 6.11. The quantitative estimate of drug-likeness (QED) is 0.678. The molecule has 0 aromatic carbocycles. The Bertz CT molecular complexity index is 980. The van der Waals surface area contributed by atoms with Gasteiger partial charge >= 0.3 is 0 Å². The molecule has 4 heterocycles. The van der Waals surface area contributed by atoms with Crippen molar-refractivity contribution in [3.8, 4) is 0 Å². The van der Waals surface area contributed by atoms with Crippen molar-refractivity contribution in [2.75, 3.05) is 13.1 Å². The molecule has 176 valence electrons. The van der Waals surface area contributed by atoms with Crippen LogP contribution >= 0.6 is 0 Å². The van der Waals surface area contributed by atoms with Crippen LogP contribution in [0.25, 0.3) is 0 Å². The van der Waals surface area contributed by atoms with Crippen molar-refractivity contribution < 1.29 is 13.2 Å². The standard InChI is InChI=1S/C22H34N6O3S/c1-2-15-11-20(26-24-14-15)21(29)25-18-3-4-19-12-16-13-22(16,8-5-18)28(19)32(30,31)27-9-6-17(23)7-10-27/h11,14,16-19H,2-10,12-13,23H2,1H3,(H,25,29)/t16?,18?,19-,22+/m0/s1. The number of rotatable bonds is 5. The molecule has 1 aliphatic carbocycles. The first-order valence-corrected chi connectivity index (χ1v) is 13.4. The summed E-state index contributed by atoms with van der Waals surface area (Å²) in [4.78, 5) is 12.8. The van der Waals surface area contributed by atoms with Gasteiger partial charge in [-0.05, 0) is 75.3 Å². The van der Waals surface area contributed by atoms with E-state index in [-0.39, 0.29) is 29.6 Å². The second-order valence-electron chi connectivity index (χ2n) is 10.0. The number of nitrogens with one attached hydrogen (secondary N) is 1. The fourth-order valence-corrected chi connectivity index (χ4v) is 8.37. The molecule has 5 rings (SSSR count). The number of aromatic nitrogens is 2. The Labute approximate surface area is 190 Å². The van der Waals surface area contributed by atoms with Gasteiger partial charge in [0.15, 0.2) is 5.69 Å². The third-order valence-electron chi connectivity index (χ3n) is 8.06. The summed E-state index contributed by atoms with van der Waals surface area (Å²) in [5, 5.41) is 11.1. The van der Waals surface area contributed by atoms with Gasteiger partial charge < -0.3 is 11.1 Å². The molecule has 3 aliphatic heterocycles.